The van der Waals surface area contributed by atoms with E-state index in [4.69, 9.17) is 0 Å². The van der Waals surface area contributed by atoms with Crippen LogP contribution in [0.3, 0.4) is 0 Å². The van der Waals surface area contributed by atoms with E-state index in [0.29, 0.717) is 24.9 Å². The Morgan fingerprint density at radius 1 is 1.15 bits per heavy atom. The highest BCUT2D eigenvalue weighted by molar-refractivity contribution is 14.0. The van der Waals surface area contributed by atoms with Crippen molar-refractivity contribution in [2.75, 3.05) is 26.2 Å². The quantitative estimate of drug-likeness (QED) is 0.138. The zero-order chi connectivity index (χ0) is 18.1. The molecule has 2 N–H and O–H groups in total. The number of guanidine groups is 1. The van der Waals surface area contributed by atoms with Gasteiger partial charge in [-0.05, 0) is 43.9 Å². The molecule has 4 rings (SSSR count). The Labute approximate surface area is 178 Å². The van der Waals surface area contributed by atoms with Gasteiger partial charge in [-0.15, -0.1) is 24.0 Å². The fraction of sp³-hybridized carbons (Fsp3) is 0.750. The average Bonchev–Trinajstić information content (AvgIpc) is 3.13. The summed E-state index contributed by atoms with van der Waals surface area (Å²) >= 11 is 0. The van der Waals surface area contributed by atoms with E-state index in [9.17, 15) is 9.59 Å². The first-order valence-corrected chi connectivity index (χ1v) is 10.2. The molecule has 27 heavy (non-hydrogen) atoms. The fourth-order valence-corrected chi connectivity index (χ4v) is 4.75. The lowest BCUT2D eigenvalue weighted by Gasteiger charge is -2.17. The first kappa shape index (κ1) is 20.6. The van der Waals surface area contributed by atoms with Crippen molar-refractivity contribution in [3.63, 3.8) is 0 Å². The van der Waals surface area contributed by atoms with Crippen molar-refractivity contribution in [3.05, 3.63) is 12.2 Å². The summed E-state index contributed by atoms with van der Waals surface area (Å²) in [6.45, 7) is 4.96. The van der Waals surface area contributed by atoms with E-state index in [0.717, 1.165) is 37.8 Å². The molecule has 4 aliphatic rings. The second-order valence-electron chi connectivity index (χ2n) is 8.10. The Morgan fingerprint density at radius 3 is 2.41 bits per heavy atom. The van der Waals surface area contributed by atoms with E-state index in [1.54, 1.807) is 0 Å². The zero-order valence-electron chi connectivity index (χ0n) is 16.0. The summed E-state index contributed by atoms with van der Waals surface area (Å²) in [4.78, 5) is 31.4. The molecule has 150 valence electrons. The van der Waals surface area contributed by atoms with Crippen LogP contribution in [0.25, 0.3) is 0 Å². The summed E-state index contributed by atoms with van der Waals surface area (Å²) in [5, 5.41) is 6.63. The molecule has 4 atom stereocenters. The molecular formula is C20H31IN4O2. The Kier molecular flexibility index (Phi) is 6.81. The lowest BCUT2D eigenvalue weighted by atomic mass is 9.85. The SMILES string of the molecule is CCNC(=NCCCN1C(=O)C2C3C=CC(C3)C2C1=O)NCCC1CC1.I. The number of halogens is 1. The predicted octanol–water partition coefficient (Wildman–Crippen LogP) is 2.16. The van der Waals surface area contributed by atoms with Crippen molar-refractivity contribution in [2.24, 2.45) is 34.6 Å². The number of allylic oxidation sites excluding steroid dienone is 2. The van der Waals surface area contributed by atoms with Gasteiger partial charge in [0.2, 0.25) is 11.8 Å². The second kappa shape index (κ2) is 8.92. The molecule has 0 aromatic rings. The summed E-state index contributed by atoms with van der Waals surface area (Å²) in [5.74, 6) is 2.27. The number of carbonyl (C=O) groups excluding carboxylic acids is 2. The summed E-state index contributed by atoms with van der Waals surface area (Å²) in [6.07, 6.45) is 9.93. The maximum atomic E-state index is 12.6. The minimum Gasteiger partial charge on any atom is -0.357 e. The van der Waals surface area contributed by atoms with Crippen molar-refractivity contribution >= 4 is 41.8 Å². The Hall–Kier alpha value is -1.12. The molecule has 2 bridgehead atoms. The van der Waals surface area contributed by atoms with Crippen LogP contribution in [-0.4, -0.2) is 48.9 Å². The lowest BCUT2D eigenvalue weighted by molar-refractivity contribution is -0.140. The number of carbonyl (C=O) groups is 2. The molecule has 7 heteroatoms. The molecule has 0 radical (unpaired) electrons. The molecule has 1 aliphatic heterocycles. The molecule has 6 nitrogen and oxygen atoms in total. The van der Waals surface area contributed by atoms with Crippen molar-refractivity contribution in [3.8, 4) is 0 Å². The van der Waals surface area contributed by atoms with Crippen molar-refractivity contribution in [2.45, 2.75) is 39.0 Å². The molecule has 3 aliphatic carbocycles. The van der Waals surface area contributed by atoms with E-state index in [-0.39, 0.29) is 47.6 Å². The monoisotopic (exact) mass is 486 g/mol. The molecule has 0 aromatic carbocycles. The third-order valence-electron chi connectivity index (χ3n) is 6.26. The van der Waals surface area contributed by atoms with Gasteiger partial charge < -0.3 is 10.6 Å². The smallest absolute Gasteiger partial charge is 0.233 e. The highest BCUT2D eigenvalue weighted by Gasteiger charge is 2.58. The number of aliphatic imine (C=N–C) groups is 1. The number of amides is 2. The van der Waals surface area contributed by atoms with E-state index in [1.807, 2.05) is 0 Å². The number of likely N-dealkylation sites (tertiary alicyclic amines) is 1. The van der Waals surface area contributed by atoms with Crippen LogP contribution in [0.4, 0.5) is 0 Å². The van der Waals surface area contributed by atoms with Gasteiger partial charge in [-0.1, -0.05) is 25.0 Å². The maximum absolute atomic E-state index is 12.6. The number of nitrogens with one attached hydrogen (secondary N) is 2. The van der Waals surface area contributed by atoms with Gasteiger partial charge >= 0.3 is 0 Å². The summed E-state index contributed by atoms with van der Waals surface area (Å²) in [7, 11) is 0. The second-order valence-corrected chi connectivity index (χ2v) is 8.10. The maximum Gasteiger partial charge on any atom is 0.233 e. The Bertz CT molecular complexity index is 601. The van der Waals surface area contributed by atoms with Crippen LogP contribution in [-0.2, 0) is 9.59 Å². The number of imide groups is 1. The molecule has 1 saturated heterocycles. The first-order chi connectivity index (χ1) is 12.7. The molecule has 2 amide bonds. The van der Waals surface area contributed by atoms with Gasteiger partial charge in [-0.25, -0.2) is 0 Å². The Balaban J connectivity index is 0.00000210. The summed E-state index contributed by atoms with van der Waals surface area (Å²) < 4.78 is 0. The lowest BCUT2D eigenvalue weighted by Crippen LogP contribution is -2.38. The number of nitrogens with zero attached hydrogens (tertiary/aromatic N) is 2. The third kappa shape index (κ3) is 4.32. The normalized spacial score (nSPS) is 31.3. The van der Waals surface area contributed by atoms with Crippen LogP contribution in [0.5, 0.6) is 0 Å². The molecule has 0 aromatic heterocycles. The van der Waals surface area contributed by atoms with Crippen LogP contribution in [0.2, 0.25) is 0 Å². The van der Waals surface area contributed by atoms with Crippen molar-refractivity contribution in [1.29, 1.82) is 0 Å². The highest BCUT2D eigenvalue weighted by atomic mass is 127. The van der Waals surface area contributed by atoms with Gasteiger partial charge in [-0.3, -0.25) is 19.5 Å². The molecule has 0 spiro atoms. The van der Waals surface area contributed by atoms with E-state index in [2.05, 4.69) is 34.7 Å². The number of fused-ring (bicyclic) bond motifs is 5. The van der Waals surface area contributed by atoms with Gasteiger partial charge in [0.1, 0.15) is 0 Å². The number of hydrogen-bond acceptors (Lipinski definition) is 3. The summed E-state index contributed by atoms with van der Waals surface area (Å²) in [5.41, 5.74) is 0. The van der Waals surface area contributed by atoms with Gasteiger partial charge in [0.15, 0.2) is 5.96 Å². The van der Waals surface area contributed by atoms with Gasteiger partial charge in [0.25, 0.3) is 0 Å². The van der Waals surface area contributed by atoms with Gasteiger partial charge in [0.05, 0.1) is 11.8 Å². The van der Waals surface area contributed by atoms with Crippen LogP contribution >= 0.6 is 24.0 Å². The molecule has 4 unspecified atom stereocenters. The first-order valence-electron chi connectivity index (χ1n) is 10.2. The van der Waals surface area contributed by atoms with Crippen LogP contribution in [0.1, 0.15) is 39.0 Å². The topological polar surface area (TPSA) is 73.8 Å². The minimum atomic E-state index is -0.0811. The predicted molar refractivity (Wildman–Crippen MR) is 116 cm³/mol. The summed E-state index contributed by atoms with van der Waals surface area (Å²) in [6, 6.07) is 0. The van der Waals surface area contributed by atoms with E-state index >= 15 is 0 Å². The highest BCUT2D eigenvalue weighted by Crippen LogP contribution is 2.52. The van der Waals surface area contributed by atoms with Crippen LogP contribution in [0, 0.1) is 29.6 Å². The molecule has 3 fully saturated rings. The number of rotatable bonds is 8. The molecule has 1 heterocycles. The van der Waals surface area contributed by atoms with Gasteiger partial charge in [0, 0.05) is 26.2 Å². The van der Waals surface area contributed by atoms with E-state index < -0.39 is 0 Å². The largest absolute Gasteiger partial charge is 0.357 e. The molecule has 2 saturated carbocycles. The Morgan fingerprint density at radius 2 is 1.81 bits per heavy atom. The standard InChI is InChI=1S/C20H30N4O2.HI/c1-2-21-20(23-10-8-13-4-5-13)22-9-3-11-24-18(25)16-14-6-7-15(12-14)17(16)19(24)26;/h6-7,13-17H,2-5,8-12H2,1H3,(H2,21,22,23);1H. The number of hydrogen-bond donors (Lipinski definition) is 2. The fourth-order valence-electron chi connectivity index (χ4n) is 4.75. The zero-order valence-corrected chi connectivity index (χ0v) is 18.4. The average molecular weight is 486 g/mol. The minimum absolute atomic E-state index is 0. The van der Waals surface area contributed by atoms with Crippen LogP contribution in [0.15, 0.2) is 17.1 Å². The van der Waals surface area contributed by atoms with Crippen molar-refractivity contribution in [1.82, 2.24) is 15.5 Å². The van der Waals surface area contributed by atoms with Gasteiger partial charge in [-0.2, -0.15) is 0 Å². The van der Waals surface area contributed by atoms with Crippen LogP contribution < -0.4 is 10.6 Å². The van der Waals surface area contributed by atoms with E-state index in [1.165, 1.54) is 24.2 Å². The molecular weight excluding hydrogens is 455 g/mol. The van der Waals surface area contributed by atoms with Crippen molar-refractivity contribution < 1.29 is 9.59 Å². The third-order valence-corrected chi connectivity index (χ3v) is 6.26.